The fourth-order valence-electron chi connectivity index (χ4n) is 1.87. The topological polar surface area (TPSA) is 85.0 Å². The summed E-state index contributed by atoms with van der Waals surface area (Å²) in [6, 6.07) is 7.93. The van der Waals surface area contributed by atoms with Crippen molar-refractivity contribution in [2.75, 3.05) is 11.9 Å². The maximum absolute atomic E-state index is 10.6. The molecule has 0 saturated carbocycles. The van der Waals surface area contributed by atoms with Gasteiger partial charge in [-0.15, -0.1) is 11.3 Å². The van der Waals surface area contributed by atoms with E-state index in [1.54, 1.807) is 16.2 Å². The number of fused-ring (bicyclic) bond motifs is 1. The summed E-state index contributed by atoms with van der Waals surface area (Å²) in [5.41, 5.74) is 0.850. The normalized spacial score (nSPS) is 10.7. The van der Waals surface area contributed by atoms with E-state index in [4.69, 9.17) is 0 Å². The molecule has 2 aromatic heterocycles. The van der Waals surface area contributed by atoms with Gasteiger partial charge in [-0.25, -0.2) is 15.0 Å². The van der Waals surface area contributed by atoms with Crippen LogP contribution in [-0.4, -0.2) is 26.9 Å². The minimum atomic E-state index is -0.517. The van der Waals surface area contributed by atoms with Gasteiger partial charge < -0.3 is 4.90 Å². The van der Waals surface area contributed by atoms with Crippen LogP contribution in [0.3, 0.4) is 0 Å². The number of para-hydroxylation sites is 1. The summed E-state index contributed by atoms with van der Waals surface area (Å²) in [5, 5.41) is 11.5. The zero-order valence-electron chi connectivity index (χ0n) is 11.1. The van der Waals surface area contributed by atoms with E-state index >= 15 is 0 Å². The number of thiazole rings is 1. The molecule has 2 heterocycles. The van der Waals surface area contributed by atoms with Gasteiger partial charge in [-0.05, 0) is 12.1 Å². The zero-order chi connectivity index (χ0) is 14.8. The van der Waals surface area contributed by atoms with Crippen molar-refractivity contribution in [2.45, 2.75) is 6.54 Å². The van der Waals surface area contributed by atoms with Gasteiger partial charge in [0.1, 0.15) is 17.4 Å². The Morgan fingerprint density at radius 3 is 2.67 bits per heavy atom. The van der Waals surface area contributed by atoms with Crippen molar-refractivity contribution in [3.8, 4) is 0 Å². The van der Waals surface area contributed by atoms with Gasteiger partial charge in [0.25, 0.3) is 0 Å². The standard InChI is InChI=1S/C13H11N5O2S/c1-17(13-14-6-9(7-15-13)18(19)20)8-12-16-10-4-2-3-5-11(10)21-12/h2-7H,8H2,1H3. The first-order valence-electron chi connectivity index (χ1n) is 6.15. The van der Waals surface area contributed by atoms with Crippen LogP contribution in [0.4, 0.5) is 11.6 Å². The second kappa shape index (κ2) is 5.41. The van der Waals surface area contributed by atoms with Gasteiger partial charge in [0.2, 0.25) is 5.95 Å². The third-order valence-electron chi connectivity index (χ3n) is 2.89. The lowest BCUT2D eigenvalue weighted by Crippen LogP contribution is -2.18. The molecular weight excluding hydrogens is 290 g/mol. The molecule has 0 unspecified atom stereocenters. The smallest absolute Gasteiger partial charge is 0.305 e. The van der Waals surface area contributed by atoms with Crippen LogP contribution in [0.2, 0.25) is 0 Å². The molecule has 0 fully saturated rings. The number of aromatic nitrogens is 3. The minimum absolute atomic E-state index is 0.118. The van der Waals surface area contributed by atoms with E-state index in [0.29, 0.717) is 12.5 Å². The molecule has 8 heteroatoms. The average Bonchev–Trinajstić information content (AvgIpc) is 2.89. The predicted octanol–water partition coefficient (Wildman–Crippen LogP) is 2.63. The first kappa shape index (κ1) is 13.4. The Labute approximate surface area is 124 Å². The molecule has 7 nitrogen and oxygen atoms in total. The number of benzene rings is 1. The van der Waals surface area contributed by atoms with Crippen molar-refractivity contribution >= 4 is 33.2 Å². The van der Waals surface area contributed by atoms with Crippen LogP contribution >= 0.6 is 11.3 Å². The van der Waals surface area contributed by atoms with Crippen LogP contribution in [0.1, 0.15) is 5.01 Å². The molecule has 0 aliphatic heterocycles. The largest absolute Gasteiger partial charge is 0.337 e. The summed E-state index contributed by atoms with van der Waals surface area (Å²) in [4.78, 5) is 24.4. The monoisotopic (exact) mass is 301 g/mol. The highest BCUT2D eigenvalue weighted by atomic mass is 32.1. The average molecular weight is 301 g/mol. The van der Waals surface area contributed by atoms with Crippen LogP contribution in [0.15, 0.2) is 36.7 Å². The molecule has 0 atom stereocenters. The quantitative estimate of drug-likeness (QED) is 0.544. The molecule has 0 radical (unpaired) electrons. The van der Waals surface area contributed by atoms with E-state index in [0.717, 1.165) is 15.2 Å². The Bertz CT molecular complexity index is 754. The lowest BCUT2D eigenvalue weighted by Gasteiger charge is -2.14. The van der Waals surface area contributed by atoms with Gasteiger partial charge in [0.15, 0.2) is 0 Å². The van der Waals surface area contributed by atoms with Gasteiger partial charge in [-0.3, -0.25) is 10.1 Å². The summed E-state index contributed by atoms with van der Waals surface area (Å²) in [5.74, 6) is 0.430. The highest BCUT2D eigenvalue weighted by molar-refractivity contribution is 7.18. The molecule has 3 aromatic rings. The Kier molecular flexibility index (Phi) is 3.44. The lowest BCUT2D eigenvalue weighted by molar-refractivity contribution is -0.385. The minimum Gasteiger partial charge on any atom is -0.337 e. The Balaban J connectivity index is 1.78. The molecule has 0 amide bonds. The molecular formula is C13H11N5O2S. The van der Waals surface area contributed by atoms with Gasteiger partial charge in [-0.2, -0.15) is 0 Å². The van der Waals surface area contributed by atoms with Crippen LogP contribution in [-0.2, 0) is 6.54 Å². The number of hydrogen-bond acceptors (Lipinski definition) is 7. The Hall–Kier alpha value is -2.61. The summed E-state index contributed by atoms with van der Waals surface area (Å²) in [6.07, 6.45) is 2.41. The molecule has 1 aromatic carbocycles. The molecule has 0 aliphatic carbocycles. The summed E-state index contributed by atoms with van der Waals surface area (Å²) in [7, 11) is 1.83. The number of anilines is 1. The van der Waals surface area contributed by atoms with Gasteiger partial charge in [0, 0.05) is 7.05 Å². The molecule has 0 aliphatic rings. The number of nitro groups is 1. The van der Waals surface area contributed by atoms with Crippen molar-refractivity contribution in [1.82, 2.24) is 15.0 Å². The number of nitrogens with zero attached hydrogens (tertiary/aromatic N) is 5. The van der Waals surface area contributed by atoms with E-state index in [1.807, 2.05) is 31.3 Å². The van der Waals surface area contributed by atoms with Crippen molar-refractivity contribution in [3.05, 3.63) is 51.8 Å². The molecule has 0 bridgehead atoms. The van der Waals surface area contributed by atoms with E-state index in [-0.39, 0.29) is 5.69 Å². The Morgan fingerprint density at radius 2 is 2.00 bits per heavy atom. The summed E-state index contributed by atoms with van der Waals surface area (Å²) >= 11 is 1.61. The molecule has 0 saturated heterocycles. The SMILES string of the molecule is CN(Cc1nc2ccccc2s1)c1ncc([N+](=O)[O-])cn1. The second-order valence-corrected chi connectivity index (χ2v) is 5.54. The van der Waals surface area contributed by atoms with Gasteiger partial charge >= 0.3 is 5.69 Å². The second-order valence-electron chi connectivity index (χ2n) is 4.43. The first-order valence-corrected chi connectivity index (χ1v) is 6.97. The zero-order valence-corrected chi connectivity index (χ0v) is 11.9. The van der Waals surface area contributed by atoms with E-state index in [9.17, 15) is 10.1 Å². The predicted molar refractivity (Wildman–Crippen MR) is 80.4 cm³/mol. The summed E-state index contributed by atoms with van der Waals surface area (Å²) < 4.78 is 1.13. The highest BCUT2D eigenvalue weighted by Gasteiger charge is 2.12. The van der Waals surface area contributed by atoms with E-state index < -0.39 is 4.92 Å². The fraction of sp³-hybridized carbons (Fsp3) is 0.154. The third kappa shape index (κ3) is 2.79. The van der Waals surface area contributed by atoms with Crippen LogP contribution in [0.25, 0.3) is 10.2 Å². The molecule has 0 N–H and O–H groups in total. The third-order valence-corrected chi connectivity index (χ3v) is 3.91. The summed E-state index contributed by atoms with van der Waals surface area (Å²) in [6.45, 7) is 0.553. The fourth-order valence-corrected chi connectivity index (χ4v) is 2.89. The Morgan fingerprint density at radius 1 is 1.29 bits per heavy atom. The van der Waals surface area contributed by atoms with Crippen LogP contribution in [0, 0.1) is 10.1 Å². The molecule has 3 rings (SSSR count). The van der Waals surface area contributed by atoms with Crippen LogP contribution < -0.4 is 4.90 Å². The maximum atomic E-state index is 10.6. The first-order chi connectivity index (χ1) is 10.1. The molecule has 106 valence electrons. The van der Waals surface area contributed by atoms with Crippen molar-refractivity contribution in [1.29, 1.82) is 0 Å². The van der Waals surface area contributed by atoms with Crippen molar-refractivity contribution in [3.63, 3.8) is 0 Å². The van der Waals surface area contributed by atoms with Crippen LogP contribution in [0.5, 0.6) is 0 Å². The highest BCUT2D eigenvalue weighted by Crippen LogP contribution is 2.23. The van der Waals surface area contributed by atoms with Crippen molar-refractivity contribution in [2.24, 2.45) is 0 Å². The lowest BCUT2D eigenvalue weighted by atomic mass is 10.3. The number of rotatable bonds is 4. The van der Waals surface area contributed by atoms with E-state index in [1.165, 1.54) is 12.4 Å². The van der Waals surface area contributed by atoms with Gasteiger partial charge in [-0.1, -0.05) is 12.1 Å². The van der Waals surface area contributed by atoms with Crippen molar-refractivity contribution < 1.29 is 4.92 Å². The maximum Gasteiger partial charge on any atom is 0.305 e. The molecule has 0 spiro atoms. The van der Waals surface area contributed by atoms with E-state index in [2.05, 4.69) is 15.0 Å². The molecule has 21 heavy (non-hydrogen) atoms. The van der Waals surface area contributed by atoms with Gasteiger partial charge in [0.05, 0.1) is 21.7 Å². The number of hydrogen-bond donors (Lipinski definition) is 0.